The molecular weight excluding hydrogens is 238 g/mol. The van der Waals surface area contributed by atoms with Crippen LogP contribution in [0.1, 0.15) is 25.8 Å². The number of rotatable bonds is 5. The number of methoxy groups -OCH3 is 1. The van der Waals surface area contributed by atoms with Crippen molar-refractivity contribution in [2.24, 2.45) is 0 Å². The zero-order valence-corrected chi connectivity index (χ0v) is 11.8. The van der Waals surface area contributed by atoms with E-state index in [1.165, 1.54) is 0 Å². The van der Waals surface area contributed by atoms with E-state index in [1.807, 2.05) is 44.2 Å². The van der Waals surface area contributed by atoms with E-state index in [9.17, 15) is 5.11 Å². The quantitative estimate of drug-likeness (QED) is 0.897. The van der Waals surface area contributed by atoms with E-state index < -0.39 is 11.7 Å². The van der Waals surface area contributed by atoms with E-state index in [0.29, 0.717) is 6.42 Å². The lowest BCUT2D eigenvalue weighted by Crippen LogP contribution is -2.42. The fraction of sp³-hybridized carbons (Fsp3) is 0.438. The number of aliphatic hydroxyl groups is 1. The lowest BCUT2D eigenvalue weighted by atomic mass is 9.90. The number of pyridine rings is 1. The van der Waals surface area contributed by atoms with Gasteiger partial charge < -0.3 is 9.84 Å². The van der Waals surface area contributed by atoms with Gasteiger partial charge in [-0.15, -0.1) is 0 Å². The number of fused-ring (bicyclic) bond motifs is 1. The summed E-state index contributed by atoms with van der Waals surface area (Å²) in [7, 11) is 1.65. The second kappa shape index (κ2) is 5.68. The molecule has 0 bridgehead atoms. The Labute approximate surface area is 114 Å². The van der Waals surface area contributed by atoms with E-state index in [0.717, 1.165) is 22.9 Å². The van der Waals surface area contributed by atoms with Crippen LogP contribution in [0.3, 0.4) is 0 Å². The van der Waals surface area contributed by atoms with Crippen LogP contribution in [0.5, 0.6) is 0 Å². The minimum atomic E-state index is -0.534. The predicted molar refractivity (Wildman–Crippen MR) is 77.2 cm³/mol. The Hall–Kier alpha value is -1.45. The lowest BCUT2D eigenvalue weighted by Gasteiger charge is -2.32. The Morgan fingerprint density at radius 1 is 1.32 bits per heavy atom. The number of hydrogen-bond acceptors (Lipinski definition) is 3. The van der Waals surface area contributed by atoms with Gasteiger partial charge in [0.25, 0.3) is 0 Å². The zero-order chi connectivity index (χ0) is 13.9. The minimum absolute atomic E-state index is 0.510. The van der Waals surface area contributed by atoms with Crippen LogP contribution in [-0.2, 0) is 11.2 Å². The Morgan fingerprint density at radius 3 is 2.74 bits per heavy atom. The van der Waals surface area contributed by atoms with Gasteiger partial charge in [-0.25, -0.2) is 0 Å². The second-order valence-corrected chi connectivity index (χ2v) is 5.08. The fourth-order valence-electron chi connectivity index (χ4n) is 2.27. The van der Waals surface area contributed by atoms with Crippen LogP contribution < -0.4 is 0 Å². The molecule has 0 aliphatic rings. The maximum Gasteiger partial charge on any atom is 0.0909 e. The molecule has 2 rings (SSSR count). The first-order valence-corrected chi connectivity index (χ1v) is 6.66. The van der Waals surface area contributed by atoms with Crippen LogP contribution in [0.2, 0.25) is 0 Å². The van der Waals surface area contributed by atoms with Crippen LogP contribution >= 0.6 is 0 Å². The van der Waals surface area contributed by atoms with Crippen molar-refractivity contribution in [1.29, 1.82) is 0 Å². The number of nitrogens with zero attached hydrogens (tertiary/aromatic N) is 1. The molecule has 1 heterocycles. The highest BCUT2D eigenvalue weighted by Gasteiger charge is 2.31. The number of aliphatic hydroxyl groups excluding tert-OH is 1. The van der Waals surface area contributed by atoms with E-state index in [1.54, 1.807) is 13.3 Å². The monoisotopic (exact) mass is 259 g/mol. The Morgan fingerprint density at radius 2 is 2.05 bits per heavy atom. The van der Waals surface area contributed by atoms with Gasteiger partial charge in [0.05, 0.1) is 17.2 Å². The third kappa shape index (κ3) is 2.77. The summed E-state index contributed by atoms with van der Waals surface area (Å²) in [5.74, 6) is 0. The molecule has 1 aromatic heterocycles. The summed E-state index contributed by atoms with van der Waals surface area (Å²) < 4.78 is 5.47. The van der Waals surface area contributed by atoms with E-state index in [-0.39, 0.29) is 0 Å². The first-order chi connectivity index (χ1) is 9.10. The molecule has 0 spiro atoms. The molecule has 1 N–H and O–H groups in total. The molecule has 0 saturated carbocycles. The van der Waals surface area contributed by atoms with Gasteiger partial charge in [0.2, 0.25) is 0 Å². The van der Waals surface area contributed by atoms with Crippen molar-refractivity contribution in [2.45, 2.75) is 38.4 Å². The van der Waals surface area contributed by atoms with Gasteiger partial charge in [-0.05, 0) is 31.0 Å². The third-order valence-electron chi connectivity index (χ3n) is 4.03. The topological polar surface area (TPSA) is 42.4 Å². The molecule has 0 aliphatic carbocycles. The highest BCUT2D eigenvalue weighted by atomic mass is 16.5. The SMILES string of the molecule is CCC(C)(OC)C(O)Cc1ccnc2ccccc12. The van der Waals surface area contributed by atoms with Gasteiger partial charge in [-0.1, -0.05) is 25.1 Å². The molecule has 102 valence electrons. The van der Waals surface area contributed by atoms with Crippen LogP contribution in [0.15, 0.2) is 36.5 Å². The highest BCUT2D eigenvalue weighted by molar-refractivity contribution is 5.81. The summed E-state index contributed by atoms with van der Waals surface area (Å²) in [5.41, 5.74) is 1.56. The maximum atomic E-state index is 10.4. The van der Waals surface area contributed by atoms with Gasteiger partial charge in [-0.2, -0.15) is 0 Å². The van der Waals surface area contributed by atoms with E-state index in [4.69, 9.17) is 4.74 Å². The number of ether oxygens (including phenoxy) is 1. The Kier molecular flexibility index (Phi) is 4.17. The zero-order valence-electron chi connectivity index (χ0n) is 11.8. The fourth-order valence-corrected chi connectivity index (χ4v) is 2.27. The van der Waals surface area contributed by atoms with E-state index >= 15 is 0 Å². The molecule has 19 heavy (non-hydrogen) atoms. The summed E-state index contributed by atoms with van der Waals surface area (Å²) in [5, 5.41) is 11.5. The van der Waals surface area contributed by atoms with Crippen molar-refractivity contribution in [1.82, 2.24) is 4.98 Å². The van der Waals surface area contributed by atoms with Crippen molar-refractivity contribution in [2.75, 3.05) is 7.11 Å². The van der Waals surface area contributed by atoms with Gasteiger partial charge in [0.1, 0.15) is 0 Å². The summed E-state index contributed by atoms with van der Waals surface area (Å²) in [4.78, 5) is 4.34. The smallest absolute Gasteiger partial charge is 0.0909 e. The van der Waals surface area contributed by atoms with Crippen molar-refractivity contribution in [3.8, 4) is 0 Å². The molecule has 0 amide bonds. The Balaban J connectivity index is 2.31. The molecule has 2 unspecified atom stereocenters. The summed E-state index contributed by atoms with van der Waals surface area (Å²) >= 11 is 0. The van der Waals surface area contributed by atoms with Crippen LogP contribution in [0, 0.1) is 0 Å². The largest absolute Gasteiger partial charge is 0.390 e. The molecule has 3 heteroatoms. The normalized spacial score (nSPS) is 16.2. The first-order valence-electron chi connectivity index (χ1n) is 6.66. The van der Waals surface area contributed by atoms with Gasteiger partial charge in [-0.3, -0.25) is 4.98 Å². The molecule has 0 radical (unpaired) electrons. The third-order valence-corrected chi connectivity index (χ3v) is 4.03. The van der Waals surface area contributed by atoms with Gasteiger partial charge >= 0.3 is 0 Å². The van der Waals surface area contributed by atoms with Crippen molar-refractivity contribution in [3.63, 3.8) is 0 Å². The molecule has 3 nitrogen and oxygen atoms in total. The molecule has 0 aliphatic heterocycles. The van der Waals surface area contributed by atoms with Crippen molar-refractivity contribution >= 4 is 10.9 Å². The van der Waals surface area contributed by atoms with Gasteiger partial charge in [0, 0.05) is 25.1 Å². The average Bonchev–Trinajstić information content (AvgIpc) is 2.46. The van der Waals surface area contributed by atoms with E-state index in [2.05, 4.69) is 4.98 Å². The standard InChI is InChI=1S/C16H21NO2/c1-4-16(2,19-3)15(18)11-12-9-10-17-14-8-6-5-7-13(12)14/h5-10,15,18H,4,11H2,1-3H3. The molecule has 1 aromatic carbocycles. The maximum absolute atomic E-state index is 10.4. The minimum Gasteiger partial charge on any atom is -0.390 e. The predicted octanol–water partition coefficient (Wildman–Crippen LogP) is 2.95. The molecule has 2 atom stereocenters. The molecule has 2 aromatic rings. The van der Waals surface area contributed by atoms with Crippen LogP contribution in [0.4, 0.5) is 0 Å². The molecule has 0 saturated heterocycles. The Bertz CT molecular complexity index is 544. The average molecular weight is 259 g/mol. The highest BCUT2D eigenvalue weighted by Crippen LogP contribution is 2.25. The second-order valence-electron chi connectivity index (χ2n) is 5.08. The number of hydrogen-bond donors (Lipinski definition) is 1. The number of para-hydroxylation sites is 1. The number of benzene rings is 1. The van der Waals surface area contributed by atoms with Crippen molar-refractivity contribution < 1.29 is 9.84 Å². The van der Waals surface area contributed by atoms with Crippen LogP contribution in [0.25, 0.3) is 10.9 Å². The van der Waals surface area contributed by atoms with Crippen LogP contribution in [-0.4, -0.2) is 28.9 Å². The summed E-state index contributed by atoms with van der Waals surface area (Å²) in [6.07, 6.45) is 2.60. The van der Waals surface area contributed by atoms with Crippen molar-refractivity contribution in [3.05, 3.63) is 42.1 Å². The summed E-state index contributed by atoms with van der Waals surface area (Å²) in [6, 6.07) is 9.97. The molecule has 0 fully saturated rings. The first kappa shape index (κ1) is 14.0. The van der Waals surface area contributed by atoms with Gasteiger partial charge in [0.15, 0.2) is 0 Å². The summed E-state index contributed by atoms with van der Waals surface area (Å²) in [6.45, 7) is 3.97. The molecular formula is C16H21NO2. The lowest BCUT2D eigenvalue weighted by molar-refractivity contribution is -0.0913. The number of aromatic nitrogens is 1.